The number of nitrogens with zero attached hydrogens (tertiary/aromatic N) is 2. The molecule has 1 aromatic carbocycles. The lowest BCUT2D eigenvalue weighted by molar-refractivity contribution is 0.0691. The Kier molecular flexibility index (Phi) is 4.81. The van der Waals surface area contributed by atoms with Gasteiger partial charge in [0.05, 0.1) is 5.69 Å². The van der Waals surface area contributed by atoms with Gasteiger partial charge in [-0.25, -0.2) is 4.79 Å². The van der Waals surface area contributed by atoms with Crippen LogP contribution in [0.2, 0.25) is 0 Å². The van der Waals surface area contributed by atoms with E-state index < -0.39 is 5.97 Å². The maximum absolute atomic E-state index is 11.1. The predicted molar refractivity (Wildman–Crippen MR) is 77.2 cm³/mol. The van der Waals surface area contributed by atoms with Gasteiger partial charge >= 0.3 is 5.97 Å². The molecule has 3 N–H and O–H groups in total. The Bertz CT molecular complexity index is 471. The van der Waals surface area contributed by atoms with Crippen molar-refractivity contribution in [1.82, 2.24) is 9.80 Å². The van der Waals surface area contributed by atoms with Crippen molar-refractivity contribution in [2.24, 2.45) is 0 Å². The standard InChI is InChI=1S/C14H21N3O3/c1-16-5-7-17(8-6-16)9-10-20-13-11(14(18)19)3-2-4-12(13)15/h2-4H,5-10,15H2,1H3,(H,18,19). The number of likely N-dealkylation sites (N-methyl/N-ethyl adjacent to an activating group) is 1. The minimum atomic E-state index is -1.02. The fraction of sp³-hybridized carbons (Fsp3) is 0.500. The molecule has 0 bridgehead atoms. The first kappa shape index (κ1) is 14.6. The second kappa shape index (κ2) is 6.58. The van der Waals surface area contributed by atoms with Crippen molar-refractivity contribution in [3.8, 4) is 5.75 Å². The SMILES string of the molecule is CN1CCN(CCOc2c(N)cccc2C(=O)O)CC1. The number of nitrogens with two attached hydrogens (primary N) is 1. The molecule has 0 aliphatic carbocycles. The zero-order valence-electron chi connectivity index (χ0n) is 11.7. The van der Waals surface area contributed by atoms with Gasteiger partial charge in [-0.2, -0.15) is 0 Å². The molecule has 1 fully saturated rings. The second-order valence-electron chi connectivity index (χ2n) is 5.02. The van der Waals surface area contributed by atoms with E-state index in [-0.39, 0.29) is 11.3 Å². The highest BCUT2D eigenvalue weighted by molar-refractivity contribution is 5.93. The summed E-state index contributed by atoms with van der Waals surface area (Å²) in [6.45, 7) is 5.34. The molecule has 6 heteroatoms. The van der Waals surface area contributed by atoms with Gasteiger partial charge in [0.1, 0.15) is 12.2 Å². The molecule has 1 heterocycles. The summed E-state index contributed by atoms with van der Waals surface area (Å²) in [4.78, 5) is 15.7. The average molecular weight is 279 g/mol. The van der Waals surface area contributed by atoms with Gasteiger partial charge in [0, 0.05) is 32.7 Å². The van der Waals surface area contributed by atoms with Gasteiger partial charge in [0.15, 0.2) is 5.75 Å². The van der Waals surface area contributed by atoms with Gasteiger partial charge in [-0.3, -0.25) is 4.90 Å². The summed E-state index contributed by atoms with van der Waals surface area (Å²) in [7, 11) is 2.11. The van der Waals surface area contributed by atoms with Crippen molar-refractivity contribution in [3.63, 3.8) is 0 Å². The molecule has 20 heavy (non-hydrogen) atoms. The summed E-state index contributed by atoms with van der Waals surface area (Å²) in [5.41, 5.74) is 6.27. The topological polar surface area (TPSA) is 79.0 Å². The molecule has 1 aliphatic rings. The summed E-state index contributed by atoms with van der Waals surface area (Å²) in [6, 6.07) is 4.77. The van der Waals surface area contributed by atoms with Crippen molar-refractivity contribution in [3.05, 3.63) is 23.8 Å². The third kappa shape index (κ3) is 3.61. The number of hydrogen-bond donors (Lipinski definition) is 2. The number of hydrogen-bond acceptors (Lipinski definition) is 5. The Morgan fingerprint density at radius 3 is 2.70 bits per heavy atom. The van der Waals surface area contributed by atoms with E-state index >= 15 is 0 Å². The van der Waals surface area contributed by atoms with Crippen molar-refractivity contribution in [1.29, 1.82) is 0 Å². The van der Waals surface area contributed by atoms with E-state index in [9.17, 15) is 4.79 Å². The molecule has 1 aliphatic heterocycles. The minimum Gasteiger partial charge on any atom is -0.489 e. The summed E-state index contributed by atoms with van der Waals surface area (Å²) in [6.07, 6.45) is 0. The normalized spacial score (nSPS) is 17.1. The quantitative estimate of drug-likeness (QED) is 0.768. The van der Waals surface area contributed by atoms with Gasteiger partial charge in [-0.15, -0.1) is 0 Å². The molecule has 6 nitrogen and oxygen atoms in total. The third-order valence-electron chi connectivity index (χ3n) is 3.53. The molecule has 0 saturated carbocycles. The number of piperazine rings is 1. The van der Waals surface area contributed by atoms with Crippen LogP contribution in [0.5, 0.6) is 5.75 Å². The van der Waals surface area contributed by atoms with E-state index in [1.807, 2.05) is 0 Å². The Balaban J connectivity index is 1.89. The highest BCUT2D eigenvalue weighted by Crippen LogP contribution is 2.26. The van der Waals surface area contributed by atoms with Crippen LogP contribution in [-0.4, -0.2) is 67.3 Å². The van der Waals surface area contributed by atoms with E-state index in [1.165, 1.54) is 6.07 Å². The largest absolute Gasteiger partial charge is 0.489 e. The highest BCUT2D eigenvalue weighted by atomic mass is 16.5. The molecule has 2 rings (SSSR count). The first-order valence-electron chi connectivity index (χ1n) is 6.73. The van der Waals surface area contributed by atoms with Crippen molar-refractivity contribution < 1.29 is 14.6 Å². The minimum absolute atomic E-state index is 0.114. The van der Waals surface area contributed by atoms with Crippen LogP contribution >= 0.6 is 0 Å². The molecule has 0 aromatic heterocycles. The highest BCUT2D eigenvalue weighted by Gasteiger charge is 2.16. The van der Waals surface area contributed by atoms with E-state index in [0.29, 0.717) is 12.3 Å². The molecule has 0 amide bonds. The Morgan fingerprint density at radius 2 is 2.05 bits per heavy atom. The predicted octanol–water partition coefficient (Wildman–Crippen LogP) is 0.593. The van der Waals surface area contributed by atoms with Crippen molar-refractivity contribution >= 4 is 11.7 Å². The molecule has 1 saturated heterocycles. The van der Waals surface area contributed by atoms with E-state index in [1.54, 1.807) is 12.1 Å². The summed E-state index contributed by atoms with van der Waals surface area (Å²) in [5.74, 6) is -0.749. The van der Waals surface area contributed by atoms with Crippen LogP contribution in [0.1, 0.15) is 10.4 Å². The number of nitrogen functional groups attached to an aromatic ring is 1. The number of rotatable bonds is 5. The van der Waals surface area contributed by atoms with Crippen LogP contribution < -0.4 is 10.5 Å². The van der Waals surface area contributed by atoms with Crippen molar-refractivity contribution in [2.75, 3.05) is 52.1 Å². The maximum Gasteiger partial charge on any atom is 0.339 e. The molecule has 0 radical (unpaired) electrons. The van der Waals surface area contributed by atoms with E-state index in [0.717, 1.165) is 32.7 Å². The van der Waals surface area contributed by atoms with Gasteiger partial charge in [0.2, 0.25) is 0 Å². The van der Waals surface area contributed by atoms with Gasteiger partial charge in [-0.05, 0) is 19.2 Å². The first-order valence-corrected chi connectivity index (χ1v) is 6.73. The number of anilines is 1. The smallest absolute Gasteiger partial charge is 0.339 e. The van der Waals surface area contributed by atoms with Crippen LogP contribution in [0.15, 0.2) is 18.2 Å². The first-order chi connectivity index (χ1) is 9.58. The van der Waals surface area contributed by atoms with Gasteiger partial charge in [-0.1, -0.05) is 6.07 Å². The second-order valence-corrected chi connectivity index (χ2v) is 5.02. The monoisotopic (exact) mass is 279 g/mol. The number of carbonyl (C=O) groups is 1. The van der Waals surface area contributed by atoms with Crippen LogP contribution in [0.3, 0.4) is 0 Å². The van der Waals surface area contributed by atoms with Gasteiger partial charge < -0.3 is 20.5 Å². The zero-order valence-corrected chi connectivity index (χ0v) is 11.7. The lowest BCUT2D eigenvalue weighted by Gasteiger charge is -2.32. The van der Waals surface area contributed by atoms with Crippen molar-refractivity contribution in [2.45, 2.75) is 0 Å². The number of para-hydroxylation sites is 1. The number of aromatic carboxylic acids is 1. The van der Waals surface area contributed by atoms with Crippen LogP contribution in [0.4, 0.5) is 5.69 Å². The lowest BCUT2D eigenvalue weighted by Crippen LogP contribution is -2.45. The Morgan fingerprint density at radius 1 is 1.35 bits per heavy atom. The number of carboxylic acids is 1. The summed E-state index contributed by atoms with van der Waals surface area (Å²) < 4.78 is 5.60. The number of carboxylic acid groups (broad SMARTS) is 1. The average Bonchev–Trinajstić information content (AvgIpc) is 2.42. The van der Waals surface area contributed by atoms with Gasteiger partial charge in [0.25, 0.3) is 0 Å². The number of ether oxygens (including phenoxy) is 1. The molecular formula is C14H21N3O3. The molecule has 0 unspecified atom stereocenters. The number of benzene rings is 1. The zero-order chi connectivity index (χ0) is 14.5. The van der Waals surface area contributed by atoms with Crippen LogP contribution in [-0.2, 0) is 0 Å². The fourth-order valence-corrected chi connectivity index (χ4v) is 2.23. The van der Waals surface area contributed by atoms with Crippen LogP contribution in [0.25, 0.3) is 0 Å². The molecule has 1 aromatic rings. The van der Waals surface area contributed by atoms with E-state index in [2.05, 4.69) is 16.8 Å². The summed E-state index contributed by atoms with van der Waals surface area (Å²) >= 11 is 0. The molecular weight excluding hydrogens is 258 g/mol. The molecule has 110 valence electrons. The molecule has 0 spiro atoms. The fourth-order valence-electron chi connectivity index (χ4n) is 2.23. The van der Waals surface area contributed by atoms with E-state index in [4.69, 9.17) is 15.6 Å². The third-order valence-corrected chi connectivity index (χ3v) is 3.53. The lowest BCUT2D eigenvalue weighted by atomic mass is 10.2. The summed E-state index contributed by atoms with van der Waals surface area (Å²) in [5, 5.41) is 9.12. The van der Waals surface area contributed by atoms with Crippen LogP contribution in [0, 0.1) is 0 Å². The maximum atomic E-state index is 11.1. The molecule has 0 atom stereocenters. The Hall–Kier alpha value is -1.79. The Labute approximate surface area is 118 Å².